The zero-order chi connectivity index (χ0) is 22.1. The fraction of sp³-hybridized carbons (Fsp3) is 0.500. The number of fused-ring (bicyclic) bond motifs is 2. The Hall–Kier alpha value is -2.60. The van der Waals surface area contributed by atoms with Gasteiger partial charge in [-0.2, -0.15) is 0 Å². The van der Waals surface area contributed by atoms with Crippen LogP contribution < -0.4 is 21.3 Å². The molecule has 1 amide bonds. The molecule has 1 fully saturated rings. The van der Waals surface area contributed by atoms with E-state index in [1.165, 1.54) is 51.0 Å². The third-order valence-corrected chi connectivity index (χ3v) is 7.35. The van der Waals surface area contributed by atoms with Gasteiger partial charge in [0.05, 0.1) is 17.5 Å². The van der Waals surface area contributed by atoms with E-state index in [4.69, 9.17) is 0 Å². The highest BCUT2D eigenvalue weighted by Gasteiger charge is 2.32. The Bertz CT molecular complexity index is 969. The van der Waals surface area contributed by atoms with Crippen LogP contribution in [0.5, 0.6) is 0 Å². The van der Waals surface area contributed by atoms with Crippen LogP contribution in [0.4, 0.5) is 21.5 Å². The van der Waals surface area contributed by atoms with E-state index < -0.39 is 6.04 Å². The molecule has 2 atom stereocenters. The van der Waals surface area contributed by atoms with E-state index in [0.717, 1.165) is 34.7 Å². The lowest BCUT2D eigenvalue weighted by molar-refractivity contribution is -0.116. The maximum Gasteiger partial charge on any atom is 0.247 e. The molecule has 170 valence electrons. The quantitative estimate of drug-likeness (QED) is 0.526. The second-order valence-corrected chi connectivity index (χ2v) is 9.56. The Kier molecular flexibility index (Phi) is 6.05. The van der Waals surface area contributed by atoms with Crippen molar-refractivity contribution in [1.29, 1.82) is 0 Å². The Morgan fingerprint density at radius 1 is 1.00 bits per heavy atom. The largest absolute Gasteiger partial charge is 0.373 e. The van der Waals surface area contributed by atoms with Gasteiger partial charge >= 0.3 is 0 Å². The molecule has 2 aliphatic heterocycles. The SMILES string of the molecule is Cc1ccc(F)c2c1NC(C(=O)Nc1cccc3c1NC(C1CCCCCCC1)NC3)C2. The average Bonchev–Trinajstić information content (AvgIpc) is 3.23. The first-order chi connectivity index (χ1) is 15.6. The smallest absolute Gasteiger partial charge is 0.247 e. The molecule has 0 aromatic heterocycles. The predicted octanol–water partition coefficient (Wildman–Crippen LogP) is 5.31. The lowest BCUT2D eigenvalue weighted by Crippen LogP contribution is -2.46. The molecule has 2 heterocycles. The number of rotatable bonds is 3. The number of hydrogen-bond donors (Lipinski definition) is 4. The van der Waals surface area contributed by atoms with Crippen molar-refractivity contribution in [3.05, 3.63) is 52.8 Å². The fourth-order valence-electron chi connectivity index (χ4n) is 5.50. The van der Waals surface area contributed by atoms with Gasteiger partial charge in [-0.25, -0.2) is 4.39 Å². The number of hydrogen-bond acceptors (Lipinski definition) is 4. The van der Waals surface area contributed by atoms with Gasteiger partial charge in [-0.1, -0.05) is 50.3 Å². The summed E-state index contributed by atoms with van der Waals surface area (Å²) in [5, 5.41) is 13.7. The number of para-hydroxylation sites is 1. The molecule has 4 N–H and O–H groups in total. The standard InChI is InChI=1S/C26H33FN4O/c1-16-12-13-20(27)19-14-22(29-23(16)19)26(32)30-21-11-7-10-18-15-28-25(31-24(18)21)17-8-5-3-2-4-6-9-17/h7,10-13,17,22,25,28-29,31H,2-6,8-9,14-15H2,1H3,(H,30,32). The minimum absolute atomic E-state index is 0.128. The number of amides is 1. The summed E-state index contributed by atoms with van der Waals surface area (Å²) in [7, 11) is 0. The molecular formula is C26H33FN4O. The van der Waals surface area contributed by atoms with E-state index in [2.05, 4.69) is 27.3 Å². The van der Waals surface area contributed by atoms with Gasteiger partial charge in [0, 0.05) is 24.2 Å². The van der Waals surface area contributed by atoms with Crippen LogP contribution in [0.2, 0.25) is 0 Å². The second-order valence-electron chi connectivity index (χ2n) is 9.56. The Balaban J connectivity index is 1.30. The van der Waals surface area contributed by atoms with Crippen LogP contribution in [0.1, 0.15) is 61.6 Å². The number of carbonyl (C=O) groups is 1. The van der Waals surface area contributed by atoms with Gasteiger partial charge in [-0.05, 0) is 48.9 Å². The van der Waals surface area contributed by atoms with Crippen molar-refractivity contribution in [2.24, 2.45) is 5.92 Å². The van der Waals surface area contributed by atoms with Crippen molar-refractivity contribution in [3.63, 3.8) is 0 Å². The van der Waals surface area contributed by atoms with Crippen LogP contribution in [0.3, 0.4) is 0 Å². The first-order valence-corrected chi connectivity index (χ1v) is 12.1. The zero-order valence-electron chi connectivity index (χ0n) is 18.8. The van der Waals surface area contributed by atoms with E-state index in [1.807, 2.05) is 19.1 Å². The summed E-state index contributed by atoms with van der Waals surface area (Å²) in [6, 6.07) is 8.80. The topological polar surface area (TPSA) is 65.2 Å². The summed E-state index contributed by atoms with van der Waals surface area (Å²) in [4.78, 5) is 13.1. The van der Waals surface area contributed by atoms with E-state index >= 15 is 0 Å². The number of aryl methyl sites for hydroxylation is 1. The van der Waals surface area contributed by atoms with Gasteiger partial charge in [-0.15, -0.1) is 0 Å². The van der Waals surface area contributed by atoms with Crippen LogP contribution in [-0.2, 0) is 17.8 Å². The molecule has 0 radical (unpaired) electrons. The predicted molar refractivity (Wildman–Crippen MR) is 127 cm³/mol. The van der Waals surface area contributed by atoms with Crippen LogP contribution in [0, 0.1) is 18.7 Å². The van der Waals surface area contributed by atoms with Crippen molar-refractivity contribution < 1.29 is 9.18 Å². The minimum atomic E-state index is -0.473. The normalized spacial score (nSPS) is 23.2. The maximum atomic E-state index is 14.2. The Labute approximate surface area is 189 Å². The molecule has 1 aliphatic carbocycles. The summed E-state index contributed by atoms with van der Waals surface area (Å²) in [5.74, 6) is 0.223. The van der Waals surface area contributed by atoms with Gasteiger partial charge in [0.15, 0.2) is 0 Å². The summed E-state index contributed by atoms with van der Waals surface area (Å²) in [6.07, 6.45) is 9.68. The first kappa shape index (κ1) is 21.3. The summed E-state index contributed by atoms with van der Waals surface area (Å²) in [5.41, 5.74) is 5.31. The van der Waals surface area contributed by atoms with Gasteiger partial charge in [0.2, 0.25) is 5.91 Å². The summed E-state index contributed by atoms with van der Waals surface area (Å²) in [6.45, 7) is 2.73. The summed E-state index contributed by atoms with van der Waals surface area (Å²) < 4.78 is 14.2. The molecule has 5 rings (SSSR count). The van der Waals surface area contributed by atoms with Crippen LogP contribution in [-0.4, -0.2) is 18.1 Å². The zero-order valence-corrected chi connectivity index (χ0v) is 18.8. The number of nitrogens with one attached hydrogen (secondary N) is 4. The third kappa shape index (κ3) is 4.20. The first-order valence-electron chi connectivity index (χ1n) is 12.1. The maximum absolute atomic E-state index is 14.2. The van der Waals surface area contributed by atoms with Crippen molar-refractivity contribution in [2.45, 2.75) is 77.0 Å². The van der Waals surface area contributed by atoms with Crippen molar-refractivity contribution in [3.8, 4) is 0 Å². The lowest BCUT2D eigenvalue weighted by Gasteiger charge is -2.36. The van der Waals surface area contributed by atoms with E-state index in [1.54, 1.807) is 6.07 Å². The van der Waals surface area contributed by atoms with E-state index in [-0.39, 0.29) is 17.9 Å². The number of halogens is 1. The highest BCUT2D eigenvalue weighted by atomic mass is 19.1. The molecule has 5 nitrogen and oxygen atoms in total. The molecule has 0 spiro atoms. The monoisotopic (exact) mass is 436 g/mol. The summed E-state index contributed by atoms with van der Waals surface area (Å²) >= 11 is 0. The number of benzene rings is 2. The van der Waals surface area contributed by atoms with Gasteiger partial charge < -0.3 is 16.0 Å². The molecule has 2 unspecified atom stereocenters. The lowest BCUT2D eigenvalue weighted by atomic mass is 9.88. The van der Waals surface area contributed by atoms with Crippen molar-refractivity contribution in [1.82, 2.24) is 5.32 Å². The molecule has 0 bridgehead atoms. The van der Waals surface area contributed by atoms with Gasteiger partial charge in [0.1, 0.15) is 11.9 Å². The second kappa shape index (κ2) is 9.10. The van der Waals surface area contributed by atoms with E-state index in [9.17, 15) is 9.18 Å². The molecule has 2 aromatic carbocycles. The molecule has 2 aromatic rings. The third-order valence-electron chi connectivity index (χ3n) is 7.35. The Morgan fingerprint density at radius 3 is 2.56 bits per heavy atom. The fourth-order valence-corrected chi connectivity index (χ4v) is 5.50. The molecule has 0 saturated heterocycles. The number of anilines is 3. The minimum Gasteiger partial charge on any atom is -0.373 e. The van der Waals surface area contributed by atoms with E-state index in [0.29, 0.717) is 17.9 Å². The average molecular weight is 437 g/mol. The molecule has 6 heteroatoms. The molecule has 32 heavy (non-hydrogen) atoms. The number of carbonyl (C=O) groups excluding carboxylic acids is 1. The van der Waals surface area contributed by atoms with Gasteiger partial charge in [0.25, 0.3) is 0 Å². The highest BCUT2D eigenvalue weighted by Crippen LogP contribution is 2.35. The molecule has 1 saturated carbocycles. The van der Waals surface area contributed by atoms with Crippen LogP contribution in [0.15, 0.2) is 30.3 Å². The van der Waals surface area contributed by atoms with Gasteiger partial charge in [-0.3, -0.25) is 10.1 Å². The van der Waals surface area contributed by atoms with Crippen LogP contribution >= 0.6 is 0 Å². The van der Waals surface area contributed by atoms with Crippen molar-refractivity contribution in [2.75, 3.05) is 16.0 Å². The Morgan fingerprint density at radius 2 is 1.78 bits per heavy atom. The van der Waals surface area contributed by atoms with Crippen LogP contribution in [0.25, 0.3) is 0 Å². The molecule has 3 aliphatic rings. The molecular weight excluding hydrogens is 403 g/mol. The highest BCUT2D eigenvalue weighted by molar-refractivity contribution is 6.01. The van der Waals surface area contributed by atoms with Crippen molar-refractivity contribution >= 4 is 23.0 Å².